The number of likely N-dealkylation sites (N-methyl/N-ethyl adjacent to an activating group) is 1. The van der Waals surface area contributed by atoms with E-state index in [9.17, 15) is 4.79 Å². The molecule has 2 aromatic rings. The lowest BCUT2D eigenvalue weighted by Crippen LogP contribution is -2.24. The number of fused-ring (bicyclic) bond motifs is 1. The molecule has 19 heavy (non-hydrogen) atoms. The molecule has 0 bridgehead atoms. The predicted octanol–water partition coefficient (Wildman–Crippen LogP) is 2.94. The van der Waals surface area contributed by atoms with Crippen molar-refractivity contribution in [2.45, 2.75) is 20.4 Å². The number of para-hydroxylation sites is 1. The number of amides is 1. The molecule has 1 amide bonds. The van der Waals surface area contributed by atoms with Crippen molar-refractivity contribution in [3.8, 4) is 0 Å². The minimum atomic E-state index is -0.0518. The van der Waals surface area contributed by atoms with Crippen LogP contribution in [0.25, 0.3) is 10.9 Å². The Labute approximate surface area is 114 Å². The van der Waals surface area contributed by atoms with Crippen molar-refractivity contribution in [3.05, 3.63) is 47.7 Å². The lowest BCUT2D eigenvalue weighted by molar-refractivity contribution is -0.125. The summed E-state index contributed by atoms with van der Waals surface area (Å²) in [7, 11) is 3.88. The van der Waals surface area contributed by atoms with Crippen molar-refractivity contribution in [1.29, 1.82) is 0 Å². The van der Waals surface area contributed by atoms with Crippen molar-refractivity contribution in [1.82, 2.24) is 9.47 Å². The van der Waals surface area contributed by atoms with Crippen molar-refractivity contribution < 1.29 is 4.79 Å². The topological polar surface area (TPSA) is 25.2 Å². The third kappa shape index (κ3) is 2.16. The van der Waals surface area contributed by atoms with Crippen molar-refractivity contribution in [2.75, 3.05) is 7.05 Å². The second-order valence-electron chi connectivity index (χ2n) is 4.99. The molecule has 1 aromatic carbocycles. The molecule has 0 fully saturated rings. The molecule has 0 aliphatic rings. The second kappa shape index (κ2) is 4.92. The van der Waals surface area contributed by atoms with Gasteiger partial charge in [-0.2, -0.15) is 0 Å². The summed E-state index contributed by atoms with van der Waals surface area (Å²) in [4.78, 5) is 13.3. The third-order valence-electron chi connectivity index (χ3n) is 3.78. The Kier molecular flexibility index (Phi) is 3.47. The molecular formula is C16H20N2O. The van der Waals surface area contributed by atoms with Crippen LogP contribution in [0.5, 0.6) is 0 Å². The maximum Gasteiger partial charge on any atom is 0.245 e. The first-order valence-corrected chi connectivity index (χ1v) is 6.38. The van der Waals surface area contributed by atoms with Gasteiger partial charge in [0.1, 0.15) is 0 Å². The van der Waals surface area contributed by atoms with Crippen LogP contribution in [0.1, 0.15) is 16.8 Å². The summed E-state index contributed by atoms with van der Waals surface area (Å²) in [5, 5.41) is 1.23. The maximum atomic E-state index is 11.6. The minimum Gasteiger partial charge on any atom is -0.347 e. The first-order valence-electron chi connectivity index (χ1n) is 6.38. The van der Waals surface area contributed by atoms with E-state index in [1.54, 1.807) is 11.9 Å². The van der Waals surface area contributed by atoms with Crippen molar-refractivity contribution in [3.63, 3.8) is 0 Å². The first kappa shape index (κ1) is 13.4. The van der Waals surface area contributed by atoms with E-state index >= 15 is 0 Å². The van der Waals surface area contributed by atoms with Crippen LogP contribution in [0.4, 0.5) is 0 Å². The Hall–Kier alpha value is -2.03. The highest BCUT2D eigenvalue weighted by Crippen LogP contribution is 2.28. The van der Waals surface area contributed by atoms with E-state index in [-0.39, 0.29) is 5.91 Å². The zero-order chi connectivity index (χ0) is 14.2. The predicted molar refractivity (Wildman–Crippen MR) is 79.1 cm³/mol. The molecule has 3 heteroatoms. The molecule has 0 saturated heterocycles. The van der Waals surface area contributed by atoms with Gasteiger partial charge in [0.15, 0.2) is 0 Å². The molecule has 100 valence electrons. The van der Waals surface area contributed by atoms with Crippen molar-refractivity contribution in [2.24, 2.45) is 7.05 Å². The van der Waals surface area contributed by atoms with Crippen LogP contribution >= 0.6 is 0 Å². The molecular weight excluding hydrogens is 236 g/mol. The number of hydrogen-bond acceptors (Lipinski definition) is 1. The summed E-state index contributed by atoms with van der Waals surface area (Å²) in [5.74, 6) is -0.0518. The number of rotatable bonds is 3. The molecule has 0 aliphatic heterocycles. The maximum absolute atomic E-state index is 11.6. The fourth-order valence-electron chi connectivity index (χ4n) is 2.58. The third-order valence-corrected chi connectivity index (χ3v) is 3.78. The summed E-state index contributed by atoms with van der Waals surface area (Å²) < 4.78 is 2.20. The molecule has 0 unspecified atom stereocenters. The SMILES string of the molecule is C=CC(=O)N(C)Cc1c(C)n(C)c2c(C)cccc12. The van der Waals surface area contributed by atoms with Gasteiger partial charge in [0.25, 0.3) is 0 Å². The quantitative estimate of drug-likeness (QED) is 0.775. The van der Waals surface area contributed by atoms with Crippen LogP contribution < -0.4 is 0 Å². The highest BCUT2D eigenvalue weighted by molar-refractivity contribution is 5.90. The Morgan fingerprint density at radius 1 is 1.42 bits per heavy atom. The number of aryl methyl sites for hydroxylation is 2. The first-order chi connectivity index (χ1) is 8.97. The van der Waals surface area contributed by atoms with Gasteiger partial charge >= 0.3 is 0 Å². The van der Waals surface area contributed by atoms with Gasteiger partial charge in [-0.3, -0.25) is 4.79 Å². The van der Waals surface area contributed by atoms with Gasteiger partial charge in [-0.1, -0.05) is 24.8 Å². The largest absolute Gasteiger partial charge is 0.347 e. The smallest absolute Gasteiger partial charge is 0.245 e. The Bertz CT molecular complexity index is 652. The second-order valence-corrected chi connectivity index (χ2v) is 4.99. The van der Waals surface area contributed by atoms with E-state index in [0.717, 1.165) is 0 Å². The summed E-state index contributed by atoms with van der Waals surface area (Å²) in [6, 6.07) is 6.30. The zero-order valence-electron chi connectivity index (χ0n) is 12.0. The molecule has 0 saturated carbocycles. The Morgan fingerprint density at radius 2 is 2.11 bits per heavy atom. The lowest BCUT2D eigenvalue weighted by atomic mass is 10.1. The standard InChI is InChI=1S/C16H20N2O/c1-6-15(19)17(4)10-14-12(3)18(5)16-11(2)8-7-9-13(14)16/h6-9H,1,10H2,2-5H3. The Balaban J connectivity index is 2.55. The summed E-state index contributed by atoms with van der Waals surface area (Å²) >= 11 is 0. The molecule has 0 radical (unpaired) electrons. The molecule has 2 rings (SSSR count). The fourth-order valence-corrected chi connectivity index (χ4v) is 2.58. The molecule has 3 nitrogen and oxygen atoms in total. The van der Waals surface area contributed by atoms with Crippen LogP contribution in [0, 0.1) is 13.8 Å². The minimum absolute atomic E-state index is 0.0518. The number of carbonyl (C=O) groups excluding carboxylic acids is 1. The molecule has 1 heterocycles. The normalized spacial score (nSPS) is 10.7. The zero-order valence-corrected chi connectivity index (χ0v) is 12.0. The van der Waals surface area contributed by atoms with Gasteiger partial charge in [0, 0.05) is 31.7 Å². The van der Waals surface area contributed by atoms with E-state index in [1.165, 1.54) is 33.8 Å². The number of nitrogens with zero attached hydrogens (tertiary/aromatic N) is 2. The van der Waals surface area contributed by atoms with Gasteiger partial charge in [-0.15, -0.1) is 0 Å². The summed E-state index contributed by atoms with van der Waals surface area (Å²) in [6.07, 6.45) is 1.35. The van der Waals surface area contributed by atoms with Gasteiger partial charge in [0.2, 0.25) is 5.91 Å². The molecule has 0 spiro atoms. The average Bonchev–Trinajstić information content (AvgIpc) is 2.64. The monoisotopic (exact) mass is 256 g/mol. The summed E-state index contributed by atoms with van der Waals surface area (Å²) in [6.45, 7) is 8.35. The molecule has 1 aromatic heterocycles. The fraction of sp³-hybridized carbons (Fsp3) is 0.312. The molecule has 0 aliphatic carbocycles. The number of hydrogen-bond donors (Lipinski definition) is 0. The van der Waals surface area contributed by atoms with E-state index < -0.39 is 0 Å². The van der Waals surface area contributed by atoms with Gasteiger partial charge < -0.3 is 9.47 Å². The van der Waals surface area contributed by atoms with Crippen LogP contribution in [0.3, 0.4) is 0 Å². The highest BCUT2D eigenvalue weighted by Gasteiger charge is 2.15. The van der Waals surface area contributed by atoms with Crippen LogP contribution in [-0.2, 0) is 18.4 Å². The van der Waals surface area contributed by atoms with E-state index in [4.69, 9.17) is 0 Å². The molecule has 0 N–H and O–H groups in total. The number of benzene rings is 1. The van der Waals surface area contributed by atoms with Gasteiger partial charge in [-0.05, 0) is 31.1 Å². The lowest BCUT2D eigenvalue weighted by Gasteiger charge is -2.15. The molecule has 0 atom stereocenters. The number of carbonyl (C=O) groups is 1. The summed E-state index contributed by atoms with van der Waals surface area (Å²) in [5.41, 5.74) is 4.91. The van der Waals surface area contributed by atoms with Gasteiger partial charge in [-0.25, -0.2) is 0 Å². The average molecular weight is 256 g/mol. The highest BCUT2D eigenvalue weighted by atomic mass is 16.2. The Morgan fingerprint density at radius 3 is 2.74 bits per heavy atom. The van der Waals surface area contributed by atoms with E-state index in [0.29, 0.717) is 6.54 Å². The van der Waals surface area contributed by atoms with Crippen LogP contribution in [-0.4, -0.2) is 22.4 Å². The van der Waals surface area contributed by atoms with E-state index in [1.807, 2.05) is 0 Å². The van der Waals surface area contributed by atoms with Gasteiger partial charge in [0.05, 0.1) is 5.52 Å². The van der Waals surface area contributed by atoms with E-state index in [2.05, 4.69) is 50.2 Å². The van der Waals surface area contributed by atoms with Crippen LogP contribution in [0.15, 0.2) is 30.9 Å². The number of aromatic nitrogens is 1. The van der Waals surface area contributed by atoms with Crippen molar-refractivity contribution >= 4 is 16.8 Å². The van der Waals surface area contributed by atoms with Crippen LogP contribution in [0.2, 0.25) is 0 Å².